The summed E-state index contributed by atoms with van der Waals surface area (Å²) < 4.78 is 0. The fourth-order valence-electron chi connectivity index (χ4n) is 2.47. The average Bonchev–Trinajstić information content (AvgIpc) is 2.33. The summed E-state index contributed by atoms with van der Waals surface area (Å²) in [5, 5.41) is 0. The van der Waals surface area contributed by atoms with Crippen LogP contribution in [0.1, 0.15) is 69.1 Å². The molecule has 0 aliphatic carbocycles. The van der Waals surface area contributed by atoms with Gasteiger partial charge >= 0.3 is 0 Å². The minimum Gasteiger partial charge on any atom is -0.0654 e. The second kappa shape index (κ2) is 8.33. The first-order chi connectivity index (χ1) is 8.29. The second-order valence-electron chi connectivity index (χ2n) is 5.13. The SMILES string of the molecule is CCCCCc1cccc(C)c1CCCCC. The fraction of sp³-hybridized carbons (Fsp3) is 0.647. The average molecular weight is 232 g/mol. The van der Waals surface area contributed by atoms with Crippen molar-refractivity contribution in [2.24, 2.45) is 0 Å². The molecule has 0 bridgehead atoms. The van der Waals surface area contributed by atoms with Crippen molar-refractivity contribution in [3.05, 3.63) is 34.9 Å². The van der Waals surface area contributed by atoms with Gasteiger partial charge in [-0.05, 0) is 49.3 Å². The number of benzene rings is 1. The van der Waals surface area contributed by atoms with Crippen LogP contribution in [0.25, 0.3) is 0 Å². The van der Waals surface area contributed by atoms with E-state index < -0.39 is 0 Å². The summed E-state index contributed by atoms with van der Waals surface area (Å²) in [5.41, 5.74) is 4.74. The summed E-state index contributed by atoms with van der Waals surface area (Å²) in [7, 11) is 0. The molecule has 0 radical (unpaired) electrons. The molecule has 0 saturated heterocycles. The largest absolute Gasteiger partial charge is 0.0654 e. The van der Waals surface area contributed by atoms with Gasteiger partial charge in [-0.1, -0.05) is 57.7 Å². The molecule has 0 nitrogen and oxygen atoms in total. The van der Waals surface area contributed by atoms with E-state index in [-0.39, 0.29) is 0 Å². The van der Waals surface area contributed by atoms with Gasteiger partial charge in [-0.2, -0.15) is 0 Å². The first-order valence-electron chi connectivity index (χ1n) is 7.37. The Hall–Kier alpha value is -0.780. The van der Waals surface area contributed by atoms with E-state index in [0.717, 1.165) is 0 Å². The Morgan fingerprint density at radius 3 is 2.12 bits per heavy atom. The summed E-state index contributed by atoms with van der Waals surface area (Å²) >= 11 is 0. The van der Waals surface area contributed by atoms with Gasteiger partial charge in [0.15, 0.2) is 0 Å². The molecule has 0 atom stereocenters. The van der Waals surface area contributed by atoms with Crippen LogP contribution in [-0.2, 0) is 12.8 Å². The van der Waals surface area contributed by atoms with Crippen LogP contribution in [0.5, 0.6) is 0 Å². The van der Waals surface area contributed by atoms with Crippen molar-refractivity contribution in [1.29, 1.82) is 0 Å². The highest BCUT2D eigenvalue weighted by Crippen LogP contribution is 2.19. The van der Waals surface area contributed by atoms with E-state index in [1.807, 2.05) is 0 Å². The van der Waals surface area contributed by atoms with Gasteiger partial charge in [0.2, 0.25) is 0 Å². The molecule has 0 aliphatic heterocycles. The maximum atomic E-state index is 2.34. The predicted molar refractivity (Wildman–Crippen MR) is 77.6 cm³/mol. The molecular formula is C17H28. The Morgan fingerprint density at radius 1 is 0.824 bits per heavy atom. The number of unbranched alkanes of at least 4 members (excludes halogenated alkanes) is 4. The molecule has 0 heteroatoms. The van der Waals surface area contributed by atoms with Crippen molar-refractivity contribution in [2.45, 2.75) is 72.1 Å². The second-order valence-corrected chi connectivity index (χ2v) is 5.13. The first-order valence-corrected chi connectivity index (χ1v) is 7.37. The van der Waals surface area contributed by atoms with Crippen molar-refractivity contribution in [1.82, 2.24) is 0 Å². The topological polar surface area (TPSA) is 0 Å². The highest BCUT2D eigenvalue weighted by Gasteiger charge is 2.04. The quantitative estimate of drug-likeness (QED) is 0.522. The van der Waals surface area contributed by atoms with Crippen molar-refractivity contribution >= 4 is 0 Å². The normalized spacial score (nSPS) is 10.8. The van der Waals surface area contributed by atoms with Gasteiger partial charge in [0.25, 0.3) is 0 Å². The third-order valence-electron chi connectivity index (χ3n) is 3.59. The zero-order valence-corrected chi connectivity index (χ0v) is 11.9. The van der Waals surface area contributed by atoms with Crippen molar-refractivity contribution < 1.29 is 0 Å². The van der Waals surface area contributed by atoms with Gasteiger partial charge < -0.3 is 0 Å². The van der Waals surface area contributed by atoms with Crippen molar-refractivity contribution in [3.63, 3.8) is 0 Å². The molecule has 0 aromatic heterocycles. The van der Waals surface area contributed by atoms with Gasteiger partial charge in [0.05, 0.1) is 0 Å². The molecule has 0 unspecified atom stereocenters. The van der Waals surface area contributed by atoms with E-state index in [2.05, 4.69) is 39.0 Å². The van der Waals surface area contributed by atoms with E-state index in [1.165, 1.54) is 56.9 Å². The van der Waals surface area contributed by atoms with Gasteiger partial charge in [-0.3, -0.25) is 0 Å². The van der Waals surface area contributed by atoms with Gasteiger partial charge in [-0.25, -0.2) is 0 Å². The van der Waals surface area contributed by atoms with Crippen LogP contribution in [0.4, 0.5) is 0 Å². The Bertz CT molecular complexity index is 312. The van der Waals surface area contributed by atoms with Crippen LogP contribution in [0.3, 0.4) is 0 Å². The molecule has 1 aromatic carbocycles. The number of rotatable bonds is 8. The minimum atomic E-state index is 1.27. The fourth-order valence-corrected chi connectivity index (χ4v) is 2.47. The number of aryl methyl sites for hydroxylation is 2. The molecule has 0 aliphatic rings. The van der Waals surface area contributed by atoms with Crippen LogP contribution in [0.15, 0.2) is 18.2 Å². The lowest BCUT2D eigenvalue weighted by Gasteiger charge is -2.12. The zero-order chi connectivity index (χ0) is 12.5. The Labute approximate surface area is 107 Å². The monoisotopic (exact) mass is 232 g/mol. The number of hydrogen-bond acceptors (Lipinski definition) is 0. The lowest BCUT2D eigenvalue weighted by Crippen LogP contribution is -1.98. The molecule has 0 heterocycles. The van der Waals surface area contributed by atoms with Crippen LogP contribution in [0, 0.1) is 6.92 Å². The molecular weight excluding hydrogens is 204 g/mol. The highest BCUT2D eigenvalue weighted by atomic mass is 14.1. The standard InChI is InChI=1S/C17H28/c1-4-6-8-12-16-13-10-11-15(3)17(16)14-9-7-5-2/h10-11,13H,4-9,12,14H2,1-3H3. The van der Waals surface area contributed by atoms with E-state index in [9.17, 15) is 0 Å². The van der Waals surface area contributed by atoms with Crippen molar-refractivity contribution in [3.8, 4) is 0 Å². The third kappa shape index (κ3) is 4.93. The summed E-state index contributed by atoms with van der Waals surface area (Å²) in [5.74, 6) is 0. The van der Waals surface area contributed by atoms with Crippen molar-refractivity contribution in [2.75, 3.05) is 0 Å². The van der Waals surface area contributed by atoms with Gasteiger partial charge in [0, 0.05) is 0 Å². The summed E-state index contributed by atoms with van der Waals surface area (Å²) in [6.45, 7) is 6.82. The third-order valence-corrected chi connectivity index (χ3v) is 3.59. The molecule has 1 rings (SSSR count). The lowest BCUT2D eigenvalue weighted by atomic mass is 9.93. The van der Waals surface area contributed by atoms with Gasteiger partial charge in [-0.15, -0.1) is 0 Å². The zero-order valence-electron chi connectivity index (χ0n) is 11.9. The first kappa shape index (κ1) is 14.3. The minimum absolute atomic E-state index is 1.27. The van der Waals surface area contributed by atoms with Crippen LogP contribution >= 0.6 is 0 Å². The maximum Gasteiger partial charge on any atom is -0.0274 e. The molecule has 96 valence electrons. The number of hydrogen-bond donors (Lipinski definition) is 0. The molecule has 0 amide bonds. The molecule has 1 aromatic rings. The summed E-state index contributed by atoms with van der Waals surface area (Å²) in [4.78, 5) is 0. The Kier molecular flexibility index (Phi) is 7.00. The molecule has 0 spiro atoms. The molecule has 0 fully saturated rings. The lowest BCUT2D eigenvalue weighted by molar-refractivity contribution is 0.691. The van der Waals surface area contributed by atoms with E-state index in [4.69, 9.17) is 0 Å². The van der Waals surface area contributed by atoms with Crippen LogP contribution in [-0.4, -0.2) is 0 Å². The van der Waals surface area contributed by atoms with E-state index in [1.54, 1.807) is 11.1 Å². The molecule has 0 N–H and O–H groups in total. The van der Waals surface area contributed by atoms with Crippen LogP contribution < -0.4 is 0 Å². The Morgan fingerprint density at radius 2 is 1.47 bits per heavy atom. The van der Waals surface area contributed by atoms with Crippen LogP contribution in [0.2, 0.25) is 0 Å². The molecule has 0 saturated carbocycles. The van der Waals surface area contributed by atoms with E-state index >= 15 is 0 Å². The predicted octanol–water partition coefficient (Wildman–Crippen LogP) is 5.46. The molecule has 17 heavy (non-hydrogen) atoms. The maximum absolute atomic E-state index is 2.34. The Balaban J connectivity index is 2.63. The highest BCUT2D eigenvalue weighted by molar-refractivity contribution is 5.34. The summed E-state index contributed by atoms with van der Waals surface area (Å²) in [6, 6.07) is 6.83. The smallest absolute Gasteiger partial charge is 0.0274 e. The van der Waals surface area contributed by atoms with Gasteiger partial charge in [0.1, 0.15) is 0 Å². The summed E-state index contributed by atoms with van der Waals surface area (Å²) in [6.07, 6.45) is 10.6. The van der Waals surface area contributed by atoms with E-state index in [0.29, 0.717) is 0 Å².